The number of rotatable bonds is 6. The van der Waals surface area contributed by atoms with Gasteiger partial charge in [0.25, 0.3) is 5.91 Å². The molecule has 0 fully saturated rings. The average Bonchev–Trinajstić information content (AvgIpc) is 2.62. The largest absolute Gasteiger partial charge is 0.366 e. The van der Waals surface area contributed by atoms with Gasteiger partial charge < -0.3 is 16.4 Å². The van der Waals surface area contributed by atoms with Crippen LogP contribution in [-0.2, 0) is 0 Å². The van der Waals surface area contributed by atoms with E-state index in [1.807, 2.05) is 0 Å². The number of fused-ring (bicyclic) bond motifs is 1. The van der Waals surface area contributed by atoms with Gasteiger partial charge in [0.1, 0.15) is 23.3 Å². The number of hydrogen-bond donors (Lipinski definition) is 3. The number of nitrogens with one attached hydrogen (secondary N) is 2. The molecule has 3 rings (SSSR count). The molecule has 1 aromatic heterocycles. The Balaban J connectivity index is 2.12. The van der Waals surface area contributed by atoms with Crippen molar-refractivity contribution in [3.05, 3.63) is 65.0 Å². The molecule has 0 bridgehead atoms. The van der Waals surface area contributed by atoms with Gasteiger partial charge in [0.15, 0.2) is 0 Å². The average molecular weight is 371 g/mol. The Kier molecular flexibility index (Phi) is 5.27. The number of nitrogens with two attached hydrogens (primary N) is 1. The molecule has 1 atom stereocenters. The van der Waals surface area contributed by atoms with Crippen LogP contribution in [0.25, 0.3) is 10.9 Å². The smallest absolute Gasteiger partial charge is 0.250 e. The maximum Gasteiger partial charge on any atom is 0.250 e. The van der Waals surface area contributed by atoms with Crippen LogP contribution >= 0.6 is 0 Å². The van der Waals surface area contributed by atoms with Crippen molar-refractivity contribution in [2.45, 2.75) is 13.0 Å². The second kappa shape index (κ2) is 7.63. The highest BCUT2D eigenvalue weighted by Crippen LogP contribution is 2.28. The van der Waals surface area contributed by atoms with E-state index in [4.69, 9.17) is 5.73 Å². The zero-order valence-electron chi connectivity index (χ0n) is 14.9. The van der Waals surface area contributed by atoms with E-state index in [-0.39, 0.29) is 11.1 Å². The Morgan fingerprint density at radius 2 is 2.00 bits per heavy atom. The molecule has 1 heterocycles. The normalized spacial score (nSPS) is 12.1. The maximum atomic E-state index is 14.3. The lowest BCUT2D eigenvalue weighted by Gasteiger charge is -2.21. The van der Waals surface area contributed by atoms with E-state index >= 15 is 0 Å². The van der Waals surface area contributed by atoms with Crippen LogP contribution in [0, 0.1) is 18.6 Å². The van der Waals surface area contributed by atoms with Crippen LogP contribution < -0.4 is 16.4 Å². The minimum Gasteiger partial charge on any atom is -0.366 e. The van der Waals surface area contributed by atoms with E-state index < -0.39 is 23.6 Å². The van der Waals surface area contributed by atoms with Crippen molar-refractivity contribution in [3.63, 3.8) is 0 Å². The fraction of sp³-hybridized carbons (Fsp3) is 0.211. The number of benzene rings is 2. The minimum absolute atomic E-state index is 0.167. The highest BCUT2D eigenvalue weighted by molar-refractivity contribution is 6.07. The standard InChI is InChI=1S/C19H19F2N5O/c1-10-24-17-12(18(22)27)4-3-5-13(17)19(25-10)26-16(9-23-2)14-8-11(20)6-7-15(14)21/h3-8,16,23H,9H2,1-2H3,(H2,22,27)(H,24,25,26)/t16-/m1/s1. The monoisotopic (exact) mass is 371 g/mol. The summed E-state index contributed by atoms with van der Waals surface area (Å²) < 4.78 is 27.9. The Morgan fingerprint density at radius 1 is 1.22 bits per heavy atom. The van der Waals surface area contributed by atoms with E-state index in [1.165, 1.54) is 0 Å². The van der Waals surface area contributed by atoms with Gasteiger partial charge in [-0.2, -0.15) is 0 Å². The quantitative estimate of drug-likeness (QED) is 0.620. The first-order valence-corrected chi connectivity index (χ1v) is 8.34. The molecule has 0 radical (unpaired) electrons. The van der Waals surface area contributed by atoms with E-state index in [1.54, 1.807) is 32.2 Å². The van der Waals surface area contributed by atoms with Crippen LogP contribution in [0.5, 0.6) is 0 Å². The molecule has 27 heavy (non-hydrogen) atoms. The fourth-order valence-electron chi connectivity index (χ4n) is 2.96. The Morgan fingerprint density at radius 3 is 2.70 bits per heavy atom. The Bertz CT molecular complexity index is 1010. The summed E-state index contributed by atoms with van der Waals surface area (Å²) in [5, 5.41) is 6.66. The van der Waals surface area contributed by atoms with Crippen molar-refractivity contribution in [1.29, 1.82) is 0 Å². The number of anilines is 1. The van der Waals surface area contributed by atoms with Gasteiger partial charge in [-0.15, -0.1) is 0 Å². The van der Waals surface area contributed by atoms with Crippen molar-refractivity contribution in [3.8, 4) is 0 Å². The summed E-state index contributed by atoms with van der Waals surface area (Å²) in [6, 6.07) is 7.69. The first kappa shape index (κ1) is 18.7. The van der Waals surface area contributed by atoms with Gasteiger partial charge in [0.05, 0.1) is 17.1 Å². The number of nitrogens with zero attached hydrogens (tertiary/aromatic N) is 2. The van der Waals surface area contributed by atoms with Gasteiger partial charge >= 0.3 is 0 Å². The number of likely N-dealkylation sites (N-methyl/N-ethyl adjacent to an activating group) is 1. The predicted molar refractivity (Wildman–Crippen MR) is 99.4 cm³/mol. The summed E-state index contributed by atoms with van der Waals surface area (Å²) in [7, 11) is 1.71. The molecule has 140 valence electrons. The van der Waals surface area contributed by atoms with Gasteiger partial charge in [0.2, 0.25) is 0 Å². The zero-order chi connectivity index (χ0) is 19.6. The van der Waals surface area contributed by atoms with Gasteiger partial charge in [-0.05, 0) is 44.3 Å². The number of aryl methyl sites for hydroxylation is 1. The summed E-state index contributed by atoms with van der Waals surface area (Å²) in [5.41, 5.74) is 6.27. The molecule has 0 saturated carbocycles. The summed E-state index contributed by atoms with van der Waals surface area (Å²) in [4.78, 5) is 20.4. The number of hydrogen-bond acceptors (Lipinski definition) is 5. The SMILES string of the molecule is CNC[C@@H](Nc1nc(C)nc2c(C(N)=O)cccc12)c1cc(F)ccc1F. The van der Waals surface area contributed by atoms with Crippen molar-refractivity contribution in [2.75, 3.05) is 18.9 Å². The first-order valence-electron chi connectivity index (χ1n) is 8.34. The molecule has 0 aliphatic carbocycles. The summed E-state index contributed by atoms with van der Waals surface area (Å²) in [5.74, 6) is -0.843. The molecular formula is C19H19F2N5O. The van der Waals surface area contributed by atoms with Crippen LogP contribution in [0.1, 0.15) is 27.8 Å². The van der Waals surface area contributed by atoms with Gasteiger partial charge in [-0.1, -0.05) is 6.07 Å². The summed E-state index contributed by atoms with van der Waals surface area (Å²) >= 11 is 0. The molecule has 1 amide bonds. The van der Waals surface area contributed by atoms with Crippen LogP contribution in [0.2, 0.25) is 0 Å². The van der Waals surface area contributed by atoms with E-state index in [0.29, 0.717) is 29.1 Å². The molecule has 6 nitrogen and oxygen atoms in total. The van der Waals surface area contributed by atoms with Crippen molar-refractivity contribution in [1.82, 2.24) is 15.3 Å². The molecule has 8 heteroatoms. The van der Waals surface area contributed by atoms with Crippen LogP contribution in [0.4, 0.5) is 14.6 Å². The molecule has 4 N–H and O–H groups in total. The summed E-state index contributed by atoms with van der Waals surface area (Å²) in [6.45, 7) is 2.00. The number of halogens is 2. The maximum absolute atomic E-state index is 14.3. The predicted octanol–water partition coefficient (Wildman–Crippen LogP) is 2.69. The molecule has 0 saturated heterocycles. The highest BCUT2D eigenvalue weighted by atomic mass is 19.1. The highest BCUT2D eigenvalue weighted by Gasteiger charge is 2.19. The second-order valence-electron chi connectivity index (χ2n) is 6.11. The van der Waals surface area contributed by atoms with Gasteiger partial charge in [0, 0.05) is 17.5 Å². The molecule has 0 spiro atoms. The molecular weight excluding hydrogens is 352 g/mol. The molecule has 0 aliphatic heterocycles. The van der Waals surface area contributed by atoms with Crippen LogP contribution in [0.3, 0.4) is 0 Å². The Labute approximate surface area is 154 Å². The van der Waals surface area contributed by atoms with Crippen LogP contribution in [-0.4, -0.2) is 29.5 Å². The van der Waals surface area contributed by atoms with E-state index in [0.717, 1.165) is 18.2 Å². The number of carbonyl (C=O) groups is 1. The molecule has 0 aliphatic rings. The third-order valence-electron chi connectivity index (χ3n) is 4.16. The van der Waals surface area contributed by atoms with E-state index in [2.05, 4.69) is 20.6 Å². The van der Waals surface area contributed by atoms with Crippen molar-refractivity contribution < 1.29 is 13.6 Å². The topological polar surface area (TPSA) is 92.9 Å². The lowest BCUT2D eigenvalue weighted by molar-refractivity contribution is 0.100. The number of primary amides is 1. The molecule has 0 unspecified atom stereocenters. The van der Waals surface area contributed by atoms with Crippen molar-refractivity contribution in [2.24, 2.45) is 5.73 Å². The van der Waals surface area contributed by atoms with E-state index in [9.17, 15) is 13.6 Å². The van der Waals surface area contributed by atoms with Crippen LogP contribution in [0.15, 0.2) is 36.4 Å². The lowest BCUT2D eigenvalue weighted by atomic mass is 10.0. The van der Waals surface area contributed by atoms with Crippen molar-refractivity contribution >= 4 is 22.6 Å². The number of amides is 1. The lowest BCUT2D eigenvalue weighted by Crippen LogP contribution is -2.25. The van der Waals surface area contributed by atoms with Gasteiger partial charge in [-0.3, -0.25) is 4.79 Å². The first-order chi connectivity index (χ1) is 12.9. The summed E-state index contributed by atoms with van der Waals surface area (Å²) in [6.07, 6.45) is 0. The third kappa shape index (κ3) is 3.85. The third-order valence-corrected chi connectivity index (χ3v) is 4.16. The number of para-hydroxylation sites is 1. The molecule has 2 aromatic carbocycles. The van der Waals surface area contributed by atoms with Gasteiger partial charge in [-0.25, -0.2) is 18.7 Å². The minimum atomic E-state index is -0.604. The number of carbonyl (C=O) groups excluding carboxylic acids is 1. The Hall–Kier alpha value is -3.13. The second-order valence-corrected chi connectivity index (χ2v) is 6.11. The molecule has 3 aromatic rings. The zero-order valence-corrected chi connectivity index (χ0v) is 14.9. The number of aromatic nitrogens is 2. The fourth-order valence-corrected chi connectivity index (χ4v) is 2.96.